The standard InChI is InChI=1S/C17H26N4O2/c1-19(2)10-13-4-6-14(7-5-13)17(23)21-9-8-20(3)11-15(12-21)16(18)22/h4-7,15H,8-12H2,1-3H3,(H2,18,22)/t15-/m0/s1. The molecule has 0 unspecified atom stereocenters. The first-order valence-corrected chi connectivity index (χ1v) is 7.87. The van der Waals surface area contributed by atoms with Crippen molar-refractivity contribution >= 4 is 11.8 Å². The molecule has 0 saturated carbocycles. The van der Waals surface area contributed by atoms with Crippen LogP contribution in [0.3, 0.4) is 0 Å². The highest BCUT2D eigenvalue weighted by Gasteiger charge is 2.27. The van der Waals surface area contributed by atoms with E-state index in [1.165, 1.54) is 0 Å². The highest BCUT2D eigenvalue weighted by molar-refractivity contribution is 5.94. The summed E-state index contributed by atoms with van der Waals surface area (Å²) in [6, 6.07) is 7.66. The lowest BCUT2D eigenvalue weighted by Gasteiger charge is -2.23. The van der Waals surface area contributed by atoms with Gasteiger partial charge in [0.25, 0.3) is 5.91 Å². The zero-order valence-electron chi connectivity index (χ0n) is 14.2. The molecule has 2 rings (SSSR count). The molecule has 0 bridgehead atoms. The van der Waals surface area contributed by atoms with Crippen LogP contribution in [0.15, 0.2) is 24.3 Å². The molecule has 1 aliphatic rings. The maximum Gasteiger partial charge on any atom is 0.253 e. The molecular weight excluding hydrogens is 292 g/mol. The summed E-state index contributed by atoms with van der Waals surface area (Å²) in [7, 11) is 5.97. The molecule has 1 aliphatic heterocycles. The summed E-state index contributed by atoms with van der Waals surface area (Å²) in [5.74, 6) is -0.708. The molecule has 2 N–H and O–H groups in total. The summed E-state index contributed by atoms with van der Waals surface area (Å²) in [6.45, 7) is 3.18. The van der Waals surface area contributed by atoms with Crippen molar-refractivity contribution < 1.29 is 9.59 Å². The fraction of sp³-hybridized carbons (Fsp3) is 0.529. The second-order valence-corrected chi connectivity index (χ2v) is 6.55. The van der Waals surface area contributed by atoms with Gasteiger partial charge in [-0.15, -0.1) is 0 Å². The Morgan fingerprint density at radius 1 is 1.17 bits per heavy atom. The molecule has 2 amide bonds. The van der Waals surface area contributed by atoms with Crippen LogP contribution < -0.4 is 5.73 Å². The van der Waals surface area contributed by atoms with Crippen molar-refractivity contribution in [2.75, 3.05) is 47.3 Å². The van der Waals surface area contributed by atoms with E-state index in [0.29, 0.717) is 25.2 Å². The molecule has 0 radical (unpaired) electrons. The molecular formula is C17H26N4O2. The number of carbonyl (C=O) groups is 2. The summed E-state index contributed by atoms with van der Waals surface area (Å²) < 4.78 is 0. The molecule has 1 aromatic carbocycles. The zero-order chi connectivity index (χ0) is 17.0. The SMILES string of the molecule is CN(C)Cc1ccc(C(=O)N2CCN(C)C[C@H](C(N)=O)C2)cc1. The van der Waals surface area contributed by atoms with E-state index in [9.17, 15) is 9.59 Å². The Balaban J connectivity index is 2.10. The lowest BCUT2D eigenvalue weighted by molar-refractivity contribution is -0.122. The minimum absolute atomic E-state index is 0.0389. The number of rotatable bonds is 4. The Bertz CT molecular complexity index is 556. The van der Waals surface area contributed by atoms with Crippen molar-refractivity contribution in [3.8, 4) is 0 Å². The van der Waals surface area contributed by atoms with Crippen molar-refractivity contribution in [1.29, 1.82) is 0 Å². The van der Waals surface area contributed by atoms with E-state index >= 15 is 0 Å². The van der Waals surface area contributed by atoms with Gasteiger partial charge >= 0.3 is 0 Å². The second-order valence-electron chi connectivity index (χ2n) is 6.55. The number of carbonyl (C=O) groups excluding carboxylic acids is 2. The minimum Gasteiger partial charge on any atom is -0.369 e. The summed E-state index contributed by atoms with van der Waals surface area (Å²) >= 11 is 0. The van der Waals surface area contributed by atoms with Gasteiger partial charge in [-0.25, -0.2) is 0 Å². The Labute approximate surface area is 137 Å². The molecule has 1 saturated heterocycles. The van der Waals surface area contributed by atoms with Gasteiger partial charge in [-0.1, -0.05) is 12.1 Å². The minimum atomic E-state index is -0.349. The van der Waals surface area contributed by atoms with Gasteiger partial charge in [0, 0.05) is 38.3 Å². The van der Waals surface area contributed by atoms with Gasteiger partial charge < -0.3 is 20.4 Å². The number of primary amides is 1. The number of benzene rings is 1. The maximum atomic E-state index is 12.7. The predicted molar refractivity (Wildman–Crippen MR) is 89.9 cm³/mol. The summed E-state index contributed by atoms with van der Waals surface area (Å²) in [6.07, 6.45) is 0. The third-order valence-corrected chi connectivity index (χ3v) is 4.11. The third kappa shape index (κ3) is 4.77. The molecule has 1 heterocycles. The van der Waals surface area contributed by atoms with E-state index in [-0.39, 0.29) is 17.7 Å². The topological polar surface area (TPSA) is 69.9 Å². The highest BCUT2D eigenvalue weighted by Crippen LogP contribution is 2.14. The molecule has 23 heavy (non-hydrogen) atoms. The number of amides is 2. The smallest absolute Gasteiger partial charge is 0.253 e. The first-order valence-electron chi connectivity index (χ1n) is 7.87. The maximum absolute atomic E-state index is 12.7. The Kier molecular flexibility index (Phi) is 5.74. The van der Waals surface area contributed by atoms with Gasteiger partial charge in [0.05, 0.1) is 5.92 Å². The lowest BCUT2D eigenvalue weighted by atomic mass is 10.1. The summed E-state index contributed by atoms with van der Waals surface area (Å²) in [5, 5.41) is 0. The fourth-order valence-electron chi connectivity index (χ4n) is 2.84. The zero-order valence-corrected chi connectivity index (χ0v) is 14.2. The van der Waals surface area contributed by atoms with E-state index in [4.69, 9.17) is 5.73 Å². The second kappa shape index (κ2) is 7.57. The summed E-state index contributed by atoms with van der Waals surface area (Å²) in [4.78, 5) is 30.1. The van der Waals surface area contributed by atoms with Crippen LogP contribution in [-0.2, 0) is 11.3 Å². The number of hydrogen-bond acceptors (Lipinski definition) is 4. The Morgan fingerprint density at radius 3 is 2.39 bits per heavy atom. The van der Waals surface area contributed by atoms with Crippen LogP contribution in [0.1, 0.15) is 15.9 Å². The molecule has 0 aliphatic carbocycles. The quantitative estimate of drug-likeness (QED) is 0.863. The van der Waals surface area contributed by atoms with Crippen LogP contribution in [0.25, 0.3) is 0 Å². The fourth-order valence-corrected chi connectivity index (χ4v) is 2.84. The highest BCUT2D eigenvalue weighted by atomic mass is 16.2. The normalized spacial score (nSPS) is 19.7. The molecule has 1 fully saturated rings. The van der Waals surface area contributed by atoms with E-state index in [0.717, 1.165) is 18.7 Å². The summed E-state index contributed by atoms with van der Waals surface area (Å²) in [5.41, 5.74) is 7.27. The Hall–Kier alpha value is -1.92. The van der Waals surface area contributed by atoms with Crippen LogP contribution in [0.2, 0.25) is 0 Å². The van der Waals surface area contributed by atoms with Gasteiger partial charge in [-0.2, -0.15) is 0 Å². The Morgan fingerprint density at radius 2 is 1.83 bits per heavy atom. The predicted octanol–water partition coefficient (Wildman–Crippen LogP) is 0.237. The van der Waals surface area contributed by atoms with Crippen LogP contribution in [-0.4, -0.2) is 73.8 Å². The lowest BCUT2D eigenvalue weighted by Crippen LogP contribution is -2.40. The van der Waals surface area contributed by atoms with Crippen molar-refractivity contribution in [2.45, 2.75) is 6.54 Å². The molecule has 6 heteroatoms. The average molecular weight is 318 g/mol. The van der Waals surface area contributed by atoms with Gasteiger partial charge in [0.1, 0.15) is 0 Å². The van der Waals surface area contributed by atoms with Crippen LogP contribution in [0.4, 0.5) is 0 Å². The van der Waals surface area contributed by atoms with Gasteiger partial charge in [0.15, 0.2) is 0 Å². The van der Waals surface area contributed by atoms with Crippen molar-refractivity contribution in [3.63, 3.8) is 0 Å². The number of likely N-dealkylation sites (N-methyl/N-ethyl adjacent to an activating group) is 1. The largest absolute Gasteiger partial charge is 0.369 e. The number of hydrogen-bond donors (Lipinski definition) is 1. The van der Waals surface area contributed by atoms with Crippen molar-refractivity contribution in [1.82, 2.24) is 14.7 Å². The van der Waals surface area contributed by atoms with Gasteiger partial charge in [-0.05, 0) is 38.8 Å². The molecule has 126 valence electrons. The first-order chi connectivity index (χ1) is 10.9. The molecule has 1 atom stereocenters. The van der Waals surface area contributed by atoms with Gasteiger partial charge in [0.2, 0.25) is 5.91 Å². The van der Waals surface area contributed by atoms with E-state index in [1.807, 2.05) is 50.3 Å². The molecule has 0 aromatic heterocycles. The monoisotopic (exact) mass is 318 g/mol. The van der Waals surface area contributed by atoms with E-state index in [2.05, 4.69) is 4.90 Å². The van der Waals surface area contributed by atoms with Gasteiger partial charge in [-0.3, -0.25) is 9.59 Å². The molecule has 6 nitrogen and oxygen atoms in total. The number of nitrogens with zero attached hydrogens (tertiary/aromatic N) is 3. The average Bonchev–Trinajstić information content (AvgIpc) is 2.69. The van der Waals surface area contributed by atoms with E-state index < -0.39 is 0 Å². The van der Waals surface area contributed by atoms with Crippen LogP contribution >= 0.6 is 0 Å². The third-order valence-electron chi connectivity index (χ3n) is 4.11. The molecule has 1 aromatic rings. The van der Waals surface area contributed by atoms with Crippen molar-refractivity contribution in [2.24, 2.45) is 11.7 Å². The van der Waals surface area contributed by atoms with Crippen molar-refractivity contribution in [3.05, 3.63) is 35.4 Å². The number of nitrogens with two attached hydrogens (primary N) is 1. The molecule has 0 spiro atoms. The van der Waals surface area contributed by atoms with Crippen LogP contribution in [0, 0.1) is 5.92 Å². The van der Waals surface area contributed by atoms with Crippen LogP contribution in [0.5, 0.6) is 0 Å². The first kappa shape index (κ1) is 17.4. The van der Waals surface area contributed by atoms with E-state index in [1.54, 1.807) is 4.90 Å².